The molecule has 1 aromatic heterocycles. The van der Waals surface area contributed by atoms with E-state index in [1.165, 1.54) is 9.35 Å². The molecule has 0 fully saturated rings. The Bertz CT molecular complexity index is 253. The van der Waals surface area contributed by atoms with Crippen molar-refractivity contribution in [3.05, 3.63) is 32.9 Å². The molecule has 0 spiro atoms. The zero-order chi connectivity index (χ0) is 8.81. The van der Waals surface area contributed by atoms with Crippen LogP contribution >= 0.6 is 43.2 Å². The van der Waals surface area contributed by atoms with Crippen LogP contribution in [0.5, 0.6) is 0 Å². The Morgan fingerprint density at radius 2 is 2.25 bits per heavy atom. The number of hydrogen-bond donors (Lipinski definition) is 0. The van der Waals surface area contributed by atoms with Crippen molar-refractivity contribution in [1.29, 1.82) is 0 Å². The van der Waals surface area contributed by atoms with Crippen LogP contribution in [0.4, 0.5) is 0 Å². The lowest BCUT2D eigenvalue weighted by Crippen LogP contribution is -1.74. The number of hydrogen-bond acceptors (Lipinski definition) is 1. The Hall–Kier alpha value is 0.400. The van der Waals surface area contributed by atoms with Gasteiger partial charge in [-0.3, -0.25) is 0 Å². The number of thiophene rings is 1. The average Bonchev–Trinajstić information content (AvgIpc) is 2.46. The van der Waals surface area contributed by atoms with E-state index in [0.717, 1.165) is 18.2 Å². The molecule has 12 heavy (non-hydrogen) atoms. The first-order valence-electron chi connectivity index (χ1n) is 3.77. The molecule has 0 aromatic carbocycles. The highest BCUT2D eigenvalue weighted by molar-refractivity contribution is 9.10. The largest absolute Gasteiger partial charge is 0.147 e. The van der Waals surface area contributed by atoms with Crippen LogP contribution in [0.2, 0.25) is 0 Å². The monoisotopic (exact) mass is 308 g/mol. The average molecular weight is 310 g/mol. The minimum Gasteiger partial charge on any atom is -0.147 e. The highest BCUT2D eigenvalue weighted by Gasteiger charge is 1.96. The van der Waals surface area contributed by atoms with E-state index in [1.807, 2.05) is 0 Å². The van der Waals surface area contributed by atoms with E-state index in [1.54, 1.807) is 11.3 Å². The Morgan fingerprint density at radius 1 is 1.42 bits per heavy atom. The summed E-state index contributed by atoms with van der Waals surface area (Å²) in [6.07, 6.45) is 6.59. The van der Waals surface area contributed by atoms with Crippen LogP contribution in [0.25, 0.3) is 0 Å². The number of allylic oxidation sites excluding steroid dienone is 2. The maximum absolute atomic E-state index is 3.50. The van der Waals surface area contributed by atoms with Crippen molar-refractivity contribution in [2.24, 2.45) is 0 Å². The normalized spacial score (nSPS) is 11.2. The molecule has 0 aliphatic heterocycles. The summed E-state index contributed by atoms with van der Waals surface area (Å²) in [4.78, 5) is 1.40. The molecule has 3 heteroatoms. The van der Waals surface area contributed by atoms with Crippen molar-refractivity contribution >= 4 is 43.2 Å². The van der Waals surface area contributed by atoms with Crippen molar-refractivity contribution in [3.63, 3.8) is 0 Å². The molecular formula is C9H10Br2S. The number of rotatable bonds is 4. The molecule has 66 valence electrons. The minimum atomic E-state index is 1.05. The molecule has 0 aliphatic rings. The smallest absolute Gasteiger partial charge is 0.0317 e. The van der Waals surface area contributed by atoms with E-state index < -0.39 is 0 Å². The lowest BCUT2D eigenvalue weighted by Gasteiger charge is -1.90. The first-order chi connectivity index (χ1) is 5.84. The zero-order valence-electron chi connectivity index (χ0n) is 6.59. The van der Waals surface area contributed by atoms with Gasteiger partial charge in [-0.1, -0.05) is 28.1 Å². The summed E-state index contributed by atoms with van der Waals surface area (Å²) in [5.74, 6) is 0. The van der Waals surface area contributed by atoms with Gasteiger partial charge in [0.25, 0.3) is 0 Å². The van der Waals surface area contributed by atoms with Crippen LogP contribution in [0.3, 0.4) is 0 Å². The van der Waals surface area contributed by atoms with Crippen LogP contribution in [0.1, 0.15) is 11.3 Å². The summed E-state index contributed by atoms with van der Waals surface area (Å²) >= 11 is 8.69. The highest BCUT2D eigenvalue weighted by atomic mass is 79.9. The van der Waals surface area contributed by atoms with Gasteiger partial charge >= 0.3 is 0 Å². The van der Waals surface area contributed by atoms with Gasteiger partial charge in [0.15, 0.2) is 0 Å². The Morgan fingerprint density at radius 3 is 2.83 bits per heavy atom. The van der Waals surface area contributed by atoms with Gasteiger partial charge in [0.1, 0.15) is 0 Å². The second-order valence-electron chi connectivity index (χ2n) is 2.34. The molecule has 0 radical (unpaired) electrons. The number of halogens is 2. The molecule has 0 saturated heterocycles. The SMILES string of the molecule is BrCCC=CCc1sccc1Br. The third-order valence-corrected chi connectivity index (χ3v) is 3.84. The summed E-state index contributed by atoms with van der Waals surface area (Å²) in [7, 11) is 0. The van der Waals surface area contributed by atoms with E-state index in [4.69, 9.17) is 0 Å². The third-order valence-electron chi connectivity index (χ3n) is 1.44. The topological polar surface area (TPSA) is 0 Å². The van der Waals surface area contributed by atoms with E-state index in [-0.39, 0.29) is 0 Å². The summed E-state index contributed by atoms with van der Waals surface area (Å²) in [6.45, 7) is 0. The van der Waals surface area contributed by atoms with E-state index in [9.17, 15) is 0 Å². The second kappa shape index (κ2) is 5.95. The molecule has 0 amide bonds. The molecule has 0 aliphatic carbocycles. The van der Waals surface area contributed by atoms with Gasteiger partial charge in [0.05, 0.1) is 0 Å². The Kier molecular flexibility index (Phi) is 5.19. The van der Waals surface area contributed by atoms with Crippen molar-refractivity contribution in [2.75, 3.05) is 5.33 Å². The minimum absolute atomic E-state index is 1.05. The molecule has 0 nitrogen and oxygen atoms in total. The predicted molar refractivity (Wildman–Crippen MR) is 63.3 cm³/mol. The molecule has 0 saturated carbocycles. The van der Waals surface area contributed by atoms with Crippen LogP contribution in [-0.4, -0.2) is 5.33 Å². The third kappa shape index (κ3) is 3.42. The predicted octanol–water partition coefficient (Wildman–Crippen LogP) is 4.39. The fraction of sp³-hybridized carbons (Fsp3) is 0.333. The van der Waals surface area contributed by atoms with E-state index >= 15 is 0 Å². The standard InChI is InChI=1S/C9H10Br2S/c10-6-3-1-2-4-9-8(11)5-7-12-9/h1-2,5,7H,3-4,6H2. The highest BCUT2D eigenvalue weighted by Crippen LogP contribution is 2.23. The van der Waals surface area contributed by atoms with Crippen molar-refractivity contribution in [3.8, 4) is 0 Å². The summed E-state index contributed by atoms with van der Waals surface area (Å²) < 4.78 is 1.23. The van der Waals surface area contributed by atoms with Gasteiger partial charge < -0.3 is 0 Å². The maximum Gasteiger partial charge on any atom is 0.0317 e. The maximum atomic E-state index is 3.50. The van der Waals surface area contributed by atoms with Gasteiger partial charge in [-0.15, -0.1) is 11.3 Å². The molecular weight excluding hydrogens is 300 g/mol. The van der Waals surface area contributed by atoms with Gasteiger partial charge in [-0.2, -0.15) is 0 Å². The zero-order valence-corrected chi connectivity index (χ0v) is 10.6. The van der Waals surface area contributed by atoms with Crippen molar-refractivity contribution in [1.82, 2.24) is 0 Å². The molecule has 0 unspecified atom stereocenters. The quantitative estimate of drug-likeness (QED) is 0.571. The fourth-order valence-electron chi connectivity index (χ4n) is 0.842. The number of alkyl halides is 1. The molecule has 0 atom stereocenters. The van der Waals surface area contributed by atoms with Crippen LogP contribution in [-0.2, 0) is 6.42 Å². The molecule has 1 rings (SSSR count). The van der Waals surface area contributed by atoms with Gasteiger partial charge in [-0.25, -0.2) is 0 Å². The lowest BCUT2D eigenvalue weighted by atomic mass is 10.3. The van der Waals surface area contributed by atoms with E-state index in [2.05, 4.69) is 55.5 Å². The molecule has 0 N–H and O–H groups in total. The first kappa shape index (κ1) is 10.5. The molecule has 1 heterocycles. The van der Waals surface area contributed by atoms with Crippen LogP contribution in [0.15, 0.2) is 28.1 Å². The van der Waals surface area contributed by atoms with Crippen molar-refractivity contribution < 1.29 is 0 Å². The molecule has 1 aromatic rings. The first-order valence-corrected chi connectivity index (χ1v) is 6.57. The second-order valence-corrected chi connectivity index (χ2v) is 4.99. The Labute approximate surface area is 93.9 Å². The Balaban J connectivity index is 2.37. The van der Waals surface area contributed by atoms with Crippen LogP contribution < -0.4 is 0 Å². The van der Waals surface area contributed by atoms with Gasteiger partial charge in [0, 0.05) is 21.1 Å². The van der Waals surface area contributed by atoms with Gasteiger partial charge in [0.2, 0.25) is 0 Å². The lowest BCUT2D eigenvalue weighted by molar-refractivity contribution is 1.21. The van der Waals surface area contributed by atoms with Crippen molar-refractivity contribution in [2.45, 2.75) is 12.8 Å². The summed E-state index contributed by atoms with van der Waals surface area (Å²) in [6, 6.07) is 2.10. The van der Waals surface area contributed by atoms with Gasteiger partial charge in [-0.05, 0) is 33.8 Å². The molecule has 0 bridgehead atoms. The van der Waals surface area contributed by atoms with E-state index in [0.29, 0.717) is 0 Å². The summed E-state index contributed by atoms with van der Waals surface area (Å²) in [5, 5.41) is 3.16. The van der Waals surface area contributed by atoms with Crippen LogP contribution in [0, 0.1) is 0 Å². The summed E-state index contributed by atoms with van der Waals surface area (Å²) in [5.41, 5.74) is 0. The fourth-order valence-corrected chi connectivity index (χ4v) is 2.60.